The van der Waals surface area contributed by atoms with E-state index < -0.39 is 58.4 Å². The number of carbonyl (C=O) groups is 3. The zero-order valence-electron chi connectivity index (χ0n) is 29.4. The Morgan fingerprint density at radius 3 is 2.00 bits per heavy atom. The van der Waals surface area contributed by atoms with Crippen LogP contribution in [0, 0.1) is 11.7 Å². The Bertz CT molecular complexity index is 1720. The number of nitrogens with zero attached hydrogens (tertiary/aromatic N) is 1. The molecule has 1 saturated heterocycles. The molecule has 1 amide bonds. The van der Waals surface area contributed by atoms with Gasteiger partial charge in [0.25, 0.3) is 0 Å². The number of hydrogen-bond acceptors (Lipinski definition) is 9. The van der Waals surface area contributed by atoms with Crippen LogP contribution in [0.1, 0.15) is 86.8 Å². The van der Waals surface area contributed by atoms with Crippen LogP contribution in [0.2, 0.25) is 0 Å². The first kappa shape index (κ1) is 39.7. The highest BCUT2D eigenvalue weighted by molar-refractivity contribution is 7.90. The second-order valence-corrected chi connectivity index (χ2v) is 15.7. The molecule has 10 nitrogen and oxygen atoms in total. The molecule has 12 heteroatoms. The van der Waals surface area contributed by atoms with Crippen molar-refractivity contribution in [3.05, 3.63) is 101 Å². The summed E-state index contributed by atoms with van der Waals surface area (Å²) in [5, 5.41) is 19.6. The summed E-state index contributed by atoms with van der Waals surface area (Å²) in [6, 6.07) is 21.1. The number of halogens is 1. The largest absolute Gasteiger partial charge is 0.458 e. The number of carbonyl (C=O) groups excluding carboxylic acids is 3. The van der Waals surface area contributed by atoms with Crippen LogP contribution in [0.4, 0.5) is 10.1 Å². The molecule has 0 bridgehead atoms. The molecular formula is C39H48FNO9S. The number of β-lactam (4-membered cyclic amide) rings is 1. The summed E-state index contributed by atoms with van der Waals surface area (Å²) in [5.74, 6) is -1.79. The fourth-order valence-electron chi connectivity index (χ4n) is 6.64. The standard InChI is InChI=1S/C39H48FNO9S/c1-27(44)49-36(31-15-17-33(40)18-16-31)22-21-35-37(32-13-9-30(10-14-32)8-6-23-39(25-42,26-43)50-28(2)45)41(38(35)46)34-19-11-29(12-20-34)7-4-5-24-51(3,47)48/h9-20,35-37,42-43H,4-8,21-26H2,1-3H3/t35?,36-,37+/m0/s1. The normalized spacial score (nSPS) is 16.7. The first-order valence-corrected chi connectivity index (χ1v) is 19.3. The van der Waals surface area contributed by atoms with Crippen LogP contribution in [0.3, 0.4) is 0 Å². The van der Waals surface area contributed by atoms with Crippen molar-refractivity contribution in [2.45, 2.75) is 83.0 Å². The maximum atomic E-state index is 13.8. The summed E-state index contributed by atoms with van der Waals surface area (Å²) in [5.41, 5.74) is 2.99. The van der Waals surface area contributed by atoms with Crippen LogP contribution in [-0.4, -0.2) is 67.3 Å². The van der Waals surface area contributed by atoms with Crippen LogP contribution in [-0.2, 0) is 46.5 Å². The van der Waals surface area contributed by atoms with Crippen LogP contribution >= 0.6 is 0 Å². The van der Waals surface area contributed by atoms with Crippen molar-refractivity contribution < 1.29 is 46.9 Å². The molecule has 3 aromatic rings. The maximum absolute atomic E-state index is 13.8. The lowest BCUT2D eigenvalue weighted by molar-refractivity contribution is -0.168. The molecule has 2 N–H and O–H groups in total. The van der Waals surface area contributed by atoms with E-state index in [9.17, 15) is 37.4 Å². The lowest BCUT2D eigenvalue weighted by atomic mass is 9.78. The predicted octanol–water partition coefficient (Wildman–Crippen LogP) is 5.59. The number of aliphatic hydroxyl groups excluding tert-OH is 2. The van der Waals surface area contributed by atoms with E-state index in [0.29, 0.717) is 37.7 Å². The van der Waals surface area contributed by atoms with Crippen molar-refractivity contribution in [2.24, 2.45) is 5.92 Å². The number of unbranched alkanes of at least 4 members (excludes halogenated alkanes) is 1. The SMILES string of the molecule is CC(=O)O[C@@H](CCC1C(=O)N(c2ccc(CCCCS(C)(=O)=O)cc2)[C@@H]1c1ccc(CCCC(CO)(CO)OC(C)=O)cc1)c1ccc(F)cc1. The number of anilines is 1. The molecule has 0 saturated carbocycles. The Hall–Kier alpha value is -4.13. The first-order valence-electron chi connectivity index (χ1n) is 17.3. The average molecular weight is 726 g/mol. The Morgan fingerprint density at radius 1 is 0.863 bits per heavy atom. The van der Waals surface area contributed by atoms with Gasteiger partial charge in [-0.05, 0) is 97.9 Å². The third kappa shape index (κ3) is 11.2. The Kier molecular flexibility index (Phi) is 13.9. The molecule has 0 radical (unpaired) electrons. The molecule has 1 fully saturated rings. The van der Waals surface area contributed by atoms with E-state index in [1.54, 1.807) is 17.0 Å². The van der Waals surface area contributed by atoms with Gasteiger partial charge in [0, 0.05) is 31.5 Å². The second-order valence-electron chi connectivity index (χ2n) is 13.4. The molecule has 0 aliphatic carbocycles. The average Bonchev–Trinajstić information content (AvgIpc) is 3.08. The van der Waals surface area contributed by atoms with Gasteiger partial charge < -0.3 is 24.6 Å². The number of rotatable bonds is 19. The molecular weight excluding hydrogens is 677 g/mol. The summed E-state index contributed by atoms with van der Waals surface area (Å²) in [7, 11) is -3.01. The van der Waals surface area contributed by atoms with Gasteiger partial charge in [0.15, 0.2) is 5.60 Å². The van der Waals surface area contributed by atoms with E-state index in [-0.39, 0.29) is 24.1 Å². The highest BCUT2D eigenvalue weighted by atomic mass is 32.2. The maximum Gasteiger partial charge on any atom is 0.303 e. The number of aliphatic hydroxyl groups is 2. The number of sulfone groups is 1. The van der Waals surface area contributed by atoms with Crippen molar-refractivity contribution in [1.29, 1.82) is 0 Å². The molecule has 3 aromatic carbocycles. The minimum Gasteiger partial charge on any atom is -0.458 e. The van der Waals surface area contributed by atoms with Crippen molar-refractivity contribution in [3.8, 4) is 0 Å². The van der Waals surface area contributed by atoms with Gasteiger partial charge in [-0.15, -0.1) is 0 Å². The van der Waals surface area contributed by atoms with E-state index in [4.69, 9.17) is 9.47 Å². The summed E-state index contributed by atoms with van der Waals surface area (Å²) in [6.45, 7) is 1.58. The number of aryl methyl sites for hydroxylation is 2. The van der Waals surface area contributed by atoms with E-state index >= 15 is 0 Å². The van der Waals surface area contributed by atoms with Gasteiger partial charge in [-0.2, -0.15) is 0 Å². The number of benzene rings is 3. The topological polar surface area (TPSA) is 148 Å². The van der Waals surface area contributed by atoms with Gasteiger partial charge in [0.2, 0.25) is 5.91 Å². The van der Waals surface area contributed by atoms with E-state index in [1.165, 1.54) is 32.2 Å². The Labute approximate surface area is 299 Å². The van der Waals surface area contributed by atoms with E-state index in [2.05, 4.69) is 0 Å². The fourth-order valence-corrected chi connectivity index (χ4v) is 7.37. The quantitative estimate of drug-likeness (QED) is 0.0917. The highest BCUT2D eigenvalue weighted by Crippen LogP contribution is 2.46. The second kappa shape index (κ2) is 17.9. The number of amides is 1. The summed E-state index contributed by atoms with van der Waals surface area (Å²) < 4.78 is 47.4. The van der Waals surface area contributed by atoms with Gasteiger partial charge >= 0.3 is 11.9 Å². The Morgan fingerprint density at radius 2 is 1.45 bits per heavy atom. The van der Waals surface area contributed by atoms with Gasteiger partial charge in [-0.25, -0.2) is 12.8 Å². The lowest BCUT2D eigenvalue weighted by Crippen LogP contribution is -2.55. The number of esters is 2. The van der Waals surface area contributed by atoms with Crippen LogP contribution in [0.5, 0.6) is 0 Å². The zero-order valence-corrected chi connectivity index (χ0v) is 30.2. The van der Waals surface area contributed by atoms with Gasteiger partial charge in [0.1, 0.15) is 21.8 Å². The zero-order chi connectivity index (χ0) is 37.2. The number of hydrogen-bond donors (Lipinski definition) is 2. The molecule has 276 valence electrons. The molecule has 4 rings (SSSR count). The summed E-state index contributed by atoms with van der Waals surface area (Å²) >= 11 is 0. The predicted molar refractivity (Wildman–Crippen MR) is 191 cm³/mol. The van der Waals surface area contributed by atoms with Gasteiger partial charge in [-0.3, -0.25) is 14.4 Å². The minimum atomic E-state index is -3.01. The third-order valence-corrected chi connectivity index (χ3v) is 10.3. The van der Waals surface area contributed by atoms with Crippen LogP contribution in [0.15, 0.2) is 72.8 Å². The highest BCUT2D eigenvalue weighted by Gasteiger charge is 2.48. The first-order chi connectivity index (χ1) is 24.2. The van der Waals surface area contributed by atoms with Crippen LogP contribution < -0.4 is 4.90 Å². The number of ether oxygens (including phenoxy) is 2. The third-order valence-electron chi connectivity index (χ3n) is 9.30. The van der Waals surface area contributed by atoms with Crippen molar-refractivity contribution >= 4 is 33.4 Å². The molecule has 3 atom stereocenters. The molecule has 0 spiro atoms. The molecule has 51 heavy (non-hydrogen) atoms. The van der Waals surface area contributed by atoms with Crippen molar-refractivity contribution in [2.75, 3.05) is 30.1 Å². The van der Waals surface area contributed by atoms with Crippen molar-refractivity contribution in [3.63, 3.8) is 0 Å². The van der Waals surface area contributed by atoms with Gasteiger partial charge in [-0.1, -0.05) is 48.5 Å². The van der Waals surface area contributed by atoms with E-state index in [1.807, 2.05) is 48.5 Å². The smallest absolute Gasteiger partial charge is 0.303 e. The Balaban J connectivity index is 1.52. The molecule has 1 aliphatic heterocycles. The van der Waals surface area contributed by atoms with Crippen molar-refractivity contribution in [1.82, 2.24) is 0 Å². The van der Waals surface area contributed by atoms with Crippen LogP contribution in [0.25, 0.3) is 0 Å². The summed E-state index contributed by atoms with van der Waals surface area (Å²) in [4.78, 5) is 39.1. The molecule has 1 unspecified atom stereocenters. The monoisotopic (exact) mass is 725 g/mol. The molecule has 0 aromatic heterocycles. The molecule has 1 aliphatic rings. The van der Waals surface area contributed by atoms with Gasteiger partial charge in [0.05, 0.1) is 25.2 Å². The van der Waals surface area contributed by atoms with E-state index in [0.717, 1.165) is 35.2 Å². The lowest BCUT2D eigenvalue weighted by Gasteiger charge is -2.48. The minimum absolute atomic E-state index is 0.0690. The summed E-state index contributed by atoms with van der Waals surface area (Å²) in [6.07, 6.45) is 4.81. The molecule has 1 heterocycles. The fraction of sp³-hybridized carbons (Fsp3) is 0.462.